The van der Waals surface area contributed by atoms with Crippen molar-refractivity contribution in [2.45, 2.75) is 6.92 Å². The molecule has 0 aromatic heterocycles. The zero-order chi connectivity index (χ0) is 15.1. The van der Waals surface area contributed by atoms with E-state index in [4.69, 9.17) is 9.84 Å². The first-order valence-electron chi connectivity index (χ1n) is 6.43. The summed E-state index contributed by atoms with van der Waals surface area (Å²) < 4.78 is 5.17. The van der Waals surface area contributed by atoms with Gasteiger partial charge in [-0.2, -0.15) is 0 Å². The van der Waals surface area contributed by atoms with Crippen LogP contribution < -0.4 is 10.1 Å². The Morgan fingerprint density at radius 3 is 2.71 bits per heavy atom. The van der Waals surface area contributed by atoms with Gasteiger partial charge in [0.2, 0.25) is 0 Å². The van der Waals surface area contributed by atoms with E-state index in [9.17, 15) is 4.79 Å². The van der Waals surface area contributed by atoms with Gasteiger partial charge in [0.1, 0.15) is 12.4 Å². The Hall–Kier alpha value is -2.77. The van der Waals surface area contributed by atoms with Gasteiger partial charge in [0.05, 0.1) is 5.69 Å². The monoisotopic (exact) mass is 281 g/mol. The van der Waals surface area contributed by atoms with Crippen LogP contribution in [-0.2, 0) is 0 Å². The topological polar surface area (TPSA) is 58.6 Å². The van der Waals surface area contributed by atoms with E-state index in [0.29, 0.717) is 17.0 Å². The normalized spacial score (nSPS) is 9.43. The largest absolute Gasteiger partial charge is 0.417 e. The Kier molecular flexibility index (Phi) is 4.97. The Balaban J connectivity index is 2.14. The zero-order valence-corrected chi connectivity index (χ0v) is 11.6. The number of anilines is 1. The minimum absolute atomic E-state index is 0.234. The Labute approximate surface area is 123 Å². The molecule has 4 nitrogen and oxygen atoms in total. The quantitative estimate of drug-likeness (QED) is 0.832. The van der Waals surface area contributed by atoms with Gasteiger partial charge in [-0.05, 0) is 36.8 Å². The number of nitrogens with one attached hydrogen (secondary N) is 1. The second kappa shape index (κ2) is 7.13. The van der Waals surface area contributed by atoms with Crippen molar-refractivity contribution in [3.63, 3.8) is 0 Å². The highest BCUT2D eigenvalue weighted by Crippen LogP contribution is 2.18. The molecule has 2 aromatic carbocycles. The molecule has 0 atom stereocenters. The number of carbonyl (C=O) groups is 1. The minimum Gasteiger partial charge on any atom is -0.410 e. The van der Waals surface area contributed by atoms with Crippen molar-refractivity contribution in [3.8, 4) is 17.6 Å². The fourth-order valence-corrected chi connectivity index (χ4v) is 1.74. The predicted molar refractivity (Wildman–Crippen MR) is 81.2 cm³/mol. The van der Waals surface area contributed by atoms with Crippen LogP contribution in [0.2, 0.25) is 0 Å². The number of hydrogen-bond donors (Lipinski definition) is 2. The molecular weight excluding hydrogens is 266 g/mol. The van der Waals surface area contributed by atoms with E-state index in [-0.39, 0.29) is 6.61 Å². The van der Waals surface area contributed by atoms with Crippen LogP contribution in [0.4, 0.5) is 10.5 Å². The fourth-order valence-electron chi connectivity index (χ4n) is 1.74. The number of para-hydroxylation sites is 1. The molecule has 0 spiro atoms. The van der Waals surface area contributed by atoms with Gasteiger partial charge in [0.15, 0.2) is 0 Å². The van der Waals surface area contributed by atoms with Crippen molar-refractivity contribution in [2.75, 3.05) is 11.9 Å². The summed E-state index contributed by atoms with van der Waals surface area (Å²) in [7, 11) is 0. The van der Waals surface area contributed by atoms with Crippen molar-refractivity contribution in [3.05, 3.63) is 59.7 Å². The van der Waals surface area contributed by atoms with E-state index in [1.165, 1.54) is 0 Å². The minimum atomic E-state index is -0.584. The average molecular weight is 281 g/mol. The molecule has 1 amide bonds. The molecule has 106 valence electrons. The van der Waals surface area contributed by atoms with Gasteiger partial charge in [-0.15, -0.1) is 0 Å². The zero-order valence-electron chi connectivity index (χ0n) is 11.6. The van der Waals surface area contributed by atoms with Crippen LogP contribution in [-0.4, -0.2) is 17.8 Å². The van der Waals surface area contributed by atoms with Crippen LogP contribution >= 0.6 is 0 Å². The summed E-state index contributed by atoms with van der Waals surface area (Å²) in [6, 6.07) is 14.3. The van der Waals surface area contributed by atoms with Crippen molar-refractivity contribution in [1.29, 1.82) is 0 Å². The number of carbonyl (C=O) groups excluding carboxylic acids is 1. The van der Waals surface area contributed by atoms with Crippen LogP contribution in [0.3, 0.4) is 0 Å². The molecular formula is C17H15NO3. The van der Waals surface area contributed by atoms with Crippen LogP contribution in [0.1, 0.15) is 11.1 Å². The maximum Gasteiger partial charge on any atom is 0.417 e. The van der Waals surface area contributed by atoms with Crippen molar-refractivity contribution >= 4 is 11.8 Å². The standard InChI is InChI=1S/C17H15NO3/c1-13-9-10-14(6-5-11-19)16(12-13)18-17(20)21-15-7-3-2-4-8-15/h2-4,7-10,12,19H,11H2,1H3,(H,18,20). The molecule has 4 heteroatoms. The Morgan fingerprint density at radius 2 is 2.00 bits per heavy atom. The van der Waals surface area contributed by atoms with E-state index in [1.807, 2.05) is 19.1 Å². The SMILES string of the molecule is Cc1ccc(C#CCO)c(NC(=O)Oc2ccccc2)c1. The molecule has 2 aromatic rings. The first-order chi connectivity index (χ1) is 10.2. The van der Waals surface area contributed by atoms with Gasteiger partial charge in [-0.3, -0.25) is 5.32 Å². The van der Waals surface area contributed by atoms with Gasteiger partial charge in [0.25, 0.3) is 0 Å². The third-order valence-electron chi connectivity index (χ3n) is 2.67. The van der Waals surface area contributed by atoms with Crippen LogP contribution in [0.5, 0.6) is 5.75 Å². The number of aryl methyl sites for hydroxylation is 1. The highest BCUT2D eigenvalue weighted by molar-refractivity contribution is 5.88. The summed E-state index contributed by atoms with van der Waals surface area (Å²) in [6.07, 6.45) is -0.584. The van der Waals surface area contributed by atoms with Crippen LogP contribution in [0.15, 0.2) is 48.5 Å². The molecule has 21 heavy (non-hydrogen) atoms. The lowest BCUT2D eigenvalue weighted by Crippen LogP contribution is -2.17. The smallest absolute Gasteiger partial charge is 0.410 e. The van der Waals surface area contributed by atoms with Crippen LogP contribution in [0, 0.1) is 18.8 Å². The molecule has 0 saturated heterocycles. The number of ether oxygens (including phenoxy) is 1. The second-order valence-electron chi connectivity index (χ2n) is 4.34. The first kappa shape index (κ1) is 14.6. The molecule has 0 fully saturated rings. The number of amides is 1. The van der Waals surface area contributed by atoms with E-state index in [2.05, 4.69) is 17.2 Å². The molecule has 0 bridgehead atoms. The first-order valence-corrected chi connectivity index (χ1v) is 6.43. The summed E-state index contributed by atoms with van der Waals surface area (Å²) in [4.78, 5) is 11.9. The number of aliphatic hydroxyl groups excluding tert-OH is 1. The van der Waals surface area contributed by atoms with Crippen molar-refractivity contribution in [2.24, 2.45) is 0 Å². The van der Waals surface area contributed by atoms with Gasteiger partial charge < -0.3 is 9.84 Å². The van der Waals surface area contributed by atoms with Gasteiger partial charge in [-0.1, -0.05) is 36.1 Å². The Morgan fingerprint density at radius 1 is 1.24 bits per heavy atom. The lowest BCUT2D eigenvalue weighted by atomic mass is 10.1. The van der Waals surface area contributed by atoms with Gasteiger partial charge in [-0.25, -0.2) is 4.79 Å². The molecule has 0 saturated carbocycles. The maximum atomic E-state index is 11.9. The van der Waals surface area contributed by atoms with Gasteiger partial charge in [0, 0.05) is 5.56 Å². The summed E-state index contributed by atoms with van der Waals surface area (Å²) in [5, 5.41) is 11.4. The lowest BCUT2D eigenvalue weighted by Gasteiger charge is -2.09. The molecule has 0 aliphatic rings. The lowest BCUT2D eigenvalue weighted by molar-refractivity contribution is 0.215. The molecule has 2 rings (SSSR count). The molecule has 0 aliphatic heterocycles. The highest BCUT2D eigenvalue weighted by atomic mass is 16.6. The second-order valence-corrected chi connectivity index (χ2v) is 4.34. The third-order valence-corrected chi connectivity index (χ3v) is 2.67. The number of hydrogen-bond acceptors (Lipinski definition) is 3. The summed E-state index contributed by atoms with van der Waals surface area (Å²) >= 11 is 0. The van der Waals surface area contributed by atoms with E-state index < -0.39 is 6.09 Å². The summed E-state index contributed by atoms with van der Waals surface area (Å²) in [5.41, 5.74) is 2.16. The predicted octanol–water partition coefficient (Wildman–Crippen LogP) is 2.95. The highest BCUT2D eigenvalue weighted by Gasteiger charge is 2.08. The third kappa shape index (κ3) is 4.37. The Bertz CT molecular complexity index is 684. The molecule has 0 aliphatic carbocycles. The molecule has 0 heterocycles. The van der Waals surface area contributed by atoms with E-state index in [1.54, 1.807) is 36.4 Å². The van der Waals surface area contributed by atoms with Crippen LogP contribution in [0.25, 0.3) is 0 Å². The molecule has 0 radical (unpaired) electrons. The van der Waals surface area contributed by atoms with Crippen molar-refractivity contribution in [1.82, 2.24) is 0 Å². The number of rotatable bonds is 2. The summed E-state index contributed by atoms with van der Waals surface area (Å²) in [6.45, 7) is 1.68. The average Bonchev–Trinajstić information content (AvgIpc) is 2.47. The number of aliphatic hydroxyl groups is 1. The maximum absolute atomic E-state index is 11.9. The fraction of sp³-hybridized carbons (Fsp3) is 0.118. The van der Waals surface area contributed by atoms with E-state index in [0.717, 1.165) is 5.56 Å². The molecule has 2 N–H and O–H groups in total. The van der Waals surface area contributed by atoms with E-state index >= 15 is 0 Å². The number of benzene rings is 2. The van der Waals surface area contributed by atoms with Crippen molar-refractivity contribution < 1.29 is 14.6 Å². The summed E-state index contributed by atoms with van der Waals surface area (Å²) in [5.74, 6) is 5.81. The molecule has 0 unspecified atom stereocenters. The van der Waals surface area contributed by atoms with Gasteiger partial charge >= 0.3 is 6.09 Å².